The van der Waals surface area contributed by atoms with E-state index in [0.717, 1.165) is 5.56 Å². The van der Waals surface area contributed by atoms with Crippen molar-refractivity contribution in [1.29, 1.82) is 0 Å². The molecule has 2 aromatic rings. The molecule has 1 aromatic heterocycles. The molecule has 98 valence electrons. The molecule has 3 N–H and O–H groups in total. The molecule has 19 heavy (non-hydrogen) atoms. The van der Waals surface area contributed by atoms with Gasteiger partial charge in [0.15, 0.2) is 0 Å². The van der Waals surface area contributed by atoms with Crippen LogP contribution in [0.4, 0.5) is 0 Å². The van der Waals surface area contributed by atoms with E-state index in [2.05, 4.69) is 15.5 Å². The second-order valence-electron chi connectivity index (χ2n) is 3.49. The van der Waals surface area contributed by atoms with Crippen LogP contribution in [0.25, 0.3) is 0 Å². The Morgan fingerprint density at radius 2 is 1.79 bits per heavy atom. The lowest BCUT2D eigenvalue weighted by atomic mass is 10.2. The average molecular weight is 278 g/mol. The van der Waals surface area contributed by atoms with E-state index < -0.39 is 0 Å². The molecule has 0 fully saturated rings. The summed E-state index contributed by atoms with van der Waals surface area (Å²) in [5.74, 6) is -0.275. The third kappa shape index (κ3) is 4.50. The highest BCUT2D eigenvalue weighted by atomic mass is 35.5. The van der Waals surface area contributed by atoms with E-state index in [4.69, 9.17) is 11.6 Å². The van der Waals surface area contributed by atoms with E-state index >= 15 is 0 Å². The Morgan fingerprint density at radius 1 is 1.16 bits per heavy atom. The molecule has 2 rings (SSSR count). The van der Waals surface area contributed by atoms with Gasteiger partial charge in [-0.15, -0.1) is 0 Å². The van der Waals surface area contributed by atoms with E-state index in [9.17, 15) is 4.79 Å². The van der Waals surface area contributed by atoms with Crippen molar-refractivity contribution in [3.63, 3.8) is 0 Å². The first-order valence-corrected chi connectivity index (χ1v) is 5.62. The molecule has 0 aliphatic heterocycles. The summed E-state index contributed by atoms with van der Waals surface area (Å²) in [7, 11) is 0. The van der Waals surface area contributed by atoms with E-state index in [1.807, 2.05) is 12.1 Å². The maximum absolute atomic E-state index is 11.6. The van der Waals surface area contributed by atoms with Crippen molar-refractivity contribution in [2.75, 3.05) is 0 Å². The largest absolute Gasteiger partial charge is 0.412 e. The summed E-state index contributed by atoms with van der Waals surface area (Å²) >= 11 is 5.76. The molecule has 6 heteroatoms. The Morgan fingerprint density at radius 3 is 2.42 bits per heavy atom. The highest BCUT2D eigenvalue weighted by molar-refractivity contribution is 6.30. The quantitative estimate of drug-likeness (QED) is 0.683. The molecule has 1 amide bonds. The standard InChI is InChI=1S/C13H10ClN3O.H2O/c14-12-3-1-10(2-4-12)9-16-17-13(18)11-5-7-15-8-6-11;/h1-9H,(H,17,18);1H2/b16-9+;. The van der Waals surface area contributed by atoms with Crippen LogP contribution in [0.15, 0.2) is 53.9 Å². The number of hydrazone groups is 1. The van der Waals surface area contributed by atoms with Gasteiger partial charge in [0.2, 0.25) is 0 Å². The van der Waals surface area contributed by atoms with Crippen LogP contribution >= 0.6 is 11.6 Å². The molecular formula is C13H12ClN3O2. The van der Waals surface area contributed by atoms with Crippen LogP contribution in [0.2, 0.25) is 5.02 Å². The average Bonchev–Trinajstić information content (AvgIpc) is 2.42. The number of amides is 1. The second-order valence-corrected chi connectivity index (χ2v) is 3.92. The lowest BCUT2D eigenvalue weighted by Gasteiger charge is -1.98. The molecular weight excluding hydrogens is 266 g/mol. The zero-order chi connectivity index (χ0) is 12.8. The number of carbonyl (C=O) groups excluding carboxylic acids is 1. The lowest BCUT2D eigenvalue weighted by Crippen LogP contribution is -2.17. The molecule has 0 unspecified atom stereocenters. The van der Waals surface area contributed by atoms with Crippen LogP contribution in [-0.4, -0.2) is 22.6 Å². The minimum absolute atomic E-state index is 0. The summed E-state index contributed by atoms with van der Waals surface area (Å²) in [5, 5.41) is 4.52. The van der Waals surface area contributed by atoms with Crippen LogP contribution in [0, 0.1) is 0 Å². The van der Waals surface area contributed by atoms with Crippen LogP contribution in [-0.2, 0) is 0 Å². The van der Waals surface area contributed by atoms with E-state index in [-0.39, 0.29) is 11.4 Å². The van der Waals surface area contributed by atoms with Crippen LogP contribution in [0.3, 0.4) is 0 Å². The highest BCUT2D eigenvalue weighted by Gasteiger charge is 2.01. The van der Waals surface area contributed by atoms with Crippen molar-refractivity contribution in [2.45, 2.75) is 0 Å². The van der Waals surface area contributed by atoms with Crippen molar-refractivity contribution >= 4 is 23.7 Å². The third-order valence-electron chi connectivity index (χ3n) is 2.19. The zero-order valence-corrected chi connectivity index (χ0v) is 10.6. The number of rotatable bonds is 3. The fraction of sp³-hybridized carbons (Fsp3) is 0. The van der Waals surface area contributed by atoms with Crippen molar-refractivity contribution < 1.29 is 10.3 Å². The number of carbonyl (C=O) groups is 1. The highest BCUT2D eigenvalue weighted by Crippen LogP contribution is 2.07. The minimum atomic E-state index is -0.275. The van der Waals surface area contributed by atoms with Crippen LogP contribution < -0.4 is 5.43 Å². The molecule has 5 nitrogen and oxygen atoms in total. The number of nitrogens with zero attached hydrogens (tertiary/aromatic N) is 2. The summed E-state index contributed by atoms with van der Waals surface area (Å²) in [5.41, 5.74) is 3.80. The monoisotopic (exact) mass is 277 g/mol. The summed E-state index contributed by atoms with van der Waals surface area (Å²) < 4.78 is 0. The number of aromatic nitrogens is 1. The van der Waals surface area contributed by atoms with Crippen LogP contribution in [0.5, 0.6) is 0 Å². The fourth-order valence-electron chi connectivity index (χ4n) is 1.28. The molecule has 1 heterocycles. The van der Waals surface area contributed by atoms with Gasteiger partial charge in [-0.05, 0) is 29.8 Å². The van der Waals surface area contributed by atoms with Gasteiger partial charge >= 0.3 is 0 Å². The topological polar surface area (TPSA) is 85.9 Å². The number of pyridine rings is 1. The van der Waals surface area contributed by atoms with Crippen molar-refractivity contribution in [3.8, 4) is 0 Å². The SMILES string of the molecule is O.O=C(N/N=C/c1ccc(Cl)cc1)c1ccncc1. The summed E-state index contributed by atoms with van der Waals surface area (Å²) in [6, 6.07) is 10.4. The zero-order valence-electron chi connectivity index (χ0n) is 9.88. The van der Waals surface area contributed by atoms with Gasteiger partial charge in [-0.25, -0.2) is 5.43 Å². The Balaban J connectivity index is 0.00000180. The van der Waals surface area contributed by atoms with Gasteiger partial charge in [0.25, 0.3) is 5.91 Å². The van der Waals surface area contributed by atoms with E-state index in [1.54, 1.807) is 42.9 Å². The first-order chi connectivity index (χ1) is 8.75. The van der Waals surface area contributed by atoms with Gasteiger partial charge in [-0.1, -0.05) is 23.7 Å². The number of hydrogen-bond acceptors (Lipinski definition) is 3. The third-order valence-corrected chi connectivity index (χ3v) is 2.44. The Bertz CT molecular complexity index is 556. The summed E-state index contributed by atoms with van der Waals surface area (Å²) in [4.78, 5) is 15.4. The summed E-state index contributed by atoms with van der Waals surface area (Å²) in [6.45, 7) is 0. The second kappa shape index (κ2) is 7.25. The van der Waals surface area contributed by atoms with Gasteiger partial charge in [-0.3, -0.25) is 9.78 Å². The van der Waals surface area contributed by atoms with Crippen molar-refractivity contribution in [1.82, 2.24) is 10.4 Å². The first kappa shape index (κ1) is 14.8. The van der Waals surface area contributed by atoms with Gasteiger partial charge in [0.05, 0.1) is 6.21 Å². The maximum atomic E-state index is 11.6. The normalized spacial score (nSPS) is 9.95. The number of hydrogen-bond donors (Lipinski definition) is 1. The molecule has 0 aliphatic rings. The van der Waals surface area contributed by atoms with Gasteiger partial charge in [0, 0.05) is 23.0 Å². The minimum Gasteiger partial charge on any atom is -0.412 e. The van der Waals surface area contributed by atoms with Gasteiger partial charge in [-0.2, -0.15) is 5.10 Å². The lowest BCUT2D eigenvalue weighted by molar-refractivity contribution is 0.0955. The molecule has 0 saturated heterocycles. The van der Waals surface area contributed by atoms with E-state index in [1.165, 1.54) is 0 Å². The predicted octanol–water partition coefficient (Wildman–Crippen LogP) is 1.67. The van der Waals surface area contributed by atoms with Crippen molar-refractivity contribution in [3.05, 3.63) is 64.9 Å². The molecule has 0 aliphatic carbocycles. The molecule has 0 radical (unpaired) electrons. The van der Waals surface area contributed by atoms with Crippen molar-refractivity contribution in [2.24, 2.45) is 5.10 Å². The van der Waals surface area contributed by atoms with Gasteiger partial charge < -0.3 is 5.48 Å². The first-order valence-electron chi connectivity index (χ1n) is 5.25. The molecule has 0 atom stereocenters. The Labute approximate surface area is 115 Å². The van der Waals surface area contributed by atoms with Gasteiger partial charge in [0.1, 0.15) is 0 Å². The molecule has 0 saturated carbocycles. The van der Waals surface area contributed by atoms with Crippen LogP contribution in [0.1, 0.15) is 15.9 Å². The Kier molecular flexibility index (Phi) is 5.66. The number of halogens is 1. The number of nitrogens with one attached hydrogen (secondary N) is 1. The fourth-order valence-corrected chi connectivity index (χ4v) is 1.41. The molecule has 0 bridgehead atoms. The Hall–Kier alpha value is -2.24. The smallest absolute Gasteiger partial charge is 0.271 e. The van der Waals surface area contributed by atoms with E-state index in [0.29, 0.717) is 10.6 Å². The molecule has 1 aromatic carbocycles. The predicted molar refractivity (Wildman–Crippen MR) is 74.4 cm³/mol. The molecule has 0 spiro atoms. The summed E-state index contributed by atoms with van der Waals surface area (Å²) in [6.07, 6.45) is 4.66. The number of benzene rings is 1. The maximum Gasteiger partial charge on any atom is 0.271 e.